The lowest BCUT2D eigenvalue weighted by molar-refractivity contribution is 0.178. The molecule has 0 aliphatic carbocycles. The minimum atomic E-state index is -0.672. The molecule has 0 radical (unpaired) electrons. The van der Waals surface area contributed by atoms with Gasteiger partial charge >= 0.3 is 0 Å². The van der Waals surface area contributed by atoms with Crippen LogP contribution in [0.25, 0.3) is 10.1 Å². The molecular weight excluding hydrogens is 259 g/mol. The summed E-state index contributed by atoms with van der Waals surface area (Å²) in [5.41, 5.74) is 1.73. The van der Waals surface area contributed by atoms with E-state index in [1.807, 2.05) is 12.1 Å². The van der Waals surface area contributed by atoms with Crippen LogP contribution in [0.15, 0.2) is 53.9 Å². The topological polar surface area (TPSA) is 20.2 Å². The second-order valence-corrected chi connectivity index (χ2v) is 5.44. The number of fused-ring (bicyclic) bond motifs is 1. The van der Waals surface area contributed by atoms with Gasteiger partial charge in [-0.05, 0) is 40.1 Å². The summed E-state index contributed by atoms with van der Waals surface area (Å²) in [4.78, 5) is 0. The molecule has 19 heavy (non-hydrogen) atoms. The molecule has 0 aliphatic rings. The van der Waals surface area contributed by atoms with Crippen molar-refractivity contribution in [1.82, 2.24) is 0 Å². The summed E-state index contributed by atoms with van der Waals surface area (Å²) in [6.45, 7) is 0. The molecule has 0 amide bonds. The molecule has 3 heteroatoms. The van der Waals surface area contributed by atoms with E-state index in [0.29, 0.717) is 12.0 Å². The maximum Gasteiger partial charge on any atom is 0.123 e. The Hall–Kier alpha value is -1.71. The fourth-order valence-corrected chi connectivity index (χ4v) is 3.21. The van der Waals surface area contributed by atoms with Crippen LogP contribution in [0.3, 0.4) is 0 Å². The lowest BCUT2D eigenvalue weighted by Gasteiger charge is -2.10. The zero-order chi connectivity index (χ0) is 13.2. The van der Waals surface area contributed by atoms with Gasteiger partial charge in [-0.1, -0.05) is 30.3 Å². The number of aliphatic hydroxyl groups is 1. The summed E-state index contributed by atoms with van der Waals surface area (Å²) in [5, 5.41) is 13.4. The van der Waals surface area contributed by atoms with E-state index in [1.54, 1.807) is 23.5 Å². The highest BCUT2D eigenvalue weighted by molar-refractivity contribution is 7.17. The van der Waals surface area contributed by atoms with Crippen LogP contribution in [0.4, 0.5) is 4.39 Å². The van der Waals surface area contributed by atoms with E-state index in [9.17, 15) is 9.50 Å². The van der Waals surface area contributed by atoms with Gasteiger partial charge < -0.3 is 5.11 Å². The number of benzene rings is 2. The third-order valence-electron chi connectivity index (χ3n) is 3.21. The van der Waals surface area contributed by atoms with Crippen LogP contribution in [-0.4, -0.2) is 5.11 Å². The highest BCUT2D eigenvalue weighted by Gasteiger charge is 2.12. The molecule has 1 aromatic heterocycles. The summed E-state index contributed by atoms with van der Waals surface area (Å²) in [5.74, 6) is -0.313. The van der Waals surface area contributed by atoms with Gasteiger partial charge in [-0.15, -0.1) is 11.3 Å². The molecule has 1 nitrogen and oxygen atoms in total. The maximum atomic E-state index is 13.2. The highest BCUT2D eigenvalue weighted by Crippen LogP contribution is 2.29. The molecule has 0 saturated carbocycles. The number of aliphatic hydroxyl groups excluding tert-OH is 1. The first-order chi connectivity index (χ1) is 9.24. The Kier molecular flexibility index (Phi) is 3.32. The van der Waals surface area contributed by atoms with Crippen molar-refractivity contribution in [2.75, 3.05) is 0 Å². The molecule has 3 aromatic rings. The molecular formula is C16H13FOS. The van der Waals surface area contributed by atoms with Crippen LogP contribution in [0, 0.1) is 5.82 Å². The summed E-state index contributed by atoms with van der Waals surface area (Å²) in [6.07, 6.45) is -0.165. The van der Waals surface area contributed by atoms with Crippen LogP contribution in [0.1, 0.15) is 17.2 Å². The fraction of sp³-hybridized carbons (Fsp3) is 0.125. The lowest BCUT2D eigenvalue weighted by Crippen LogP contribution is -2.01. The number of rotatable bonds is 3. The summed E-state index contributed by atoms with van der Waals surface area (Å²) in [7, 11) is 0. The number of hydrogen-bond donors (Lipinski definition) is 1. The van der Waals surface area contributed by atoms with Gasteiger partial charge in [-0.2, -0.15) is 0 Å². The first kappa shape index (κ1) is 12.3. The van der Waals surface area contributed by atoms with Crippen molar-refractivity contribution in [3.8, 4) is 0 Å². The van der Waals surface area contributed by atoms with E-state index in [2.05, 4.69) is 17.5 Å². The monoisotopic (exact) mass is 272 g/mol. The van der Waals surface area contributed by atoms with E-state index >= 15 is 0 Å². The zero-order valence-electron chi connectivity index (χ0n) is 10.2. The van der Waals surface area contributed by atoms with Crippen molar-refractivity contribution >= 4 is 21.4 Å². The first-order valence-electron chi connectivity index (χ1n) is 6.12. The summed E-state index contributed by atoms with van der Waals surface area (Å²) in [6, 6.07) is 14.3. The minimum Gasteiger partial charge on any atom is -0.388 e. The first-order valence-corrected chi connectivity index (χ1v) is 7.00. The second kappa shape index (κ2) is 5.11. The molecule has 1 N–H and O–H groups in total. The maximum absolute atomic E-state index is 13.2. The fourth-order valence-electron chi connectivity index (χ4n) is 2.23. The van der Waals surface area contributed by atoms with E-state index in [1.165, 1.54) is 22.2 Å². The SMILES string of the molecule is OC(Cc1csc2ccccc12)c1cccc(F)c1. The van der Waals surface area contributed by atoms with Gasteiger partial charge in [0.25, 0.3) is 0 Å². The van der Waals surface area contributed by atoms with E-state index in [-0.39, 0.29) is 5.82 Å². The Morgan fingerprint density at radius 1 is 1.11 bits per heavy atom. The number of hydrogen-bond acceptors (Lipinski definition) is 2. The van der Waals surface area contributed by atoms with Crippen molar-refractivity contribution in [1.29, 1.82) is 0 Å². The summed E-state index contributed by atoms with van der Waals surface area (Å²) >= 11 is 1.67. The molecule has 1 heterocycles. The summed E-state index contributed by atoms with van der Waals surface area (Å²) < 4.78 is 14.4. The average molecular weight is 272 g/mol. The van der Waals surface area contributed by atoms with Gasteiger partial charge in [0.1, 0.15) is 5.82 Å². The van der Waals surface area contributed by atoms with Gasteiger partial charge in [-0.3, -0.25) is 0 Å². The molecule has 0 saturated heterocycles. The molecule has 0 fully saturated rings. The standard InChI is InChI=1S/C16H13FOS/c17-13-5-3-4-11(8-13)15(18)9-12-10-19-16-7-2-1-6-14(12)16/h1-8,10,15,18H,9H2. The third-order valence-corrected chi connectivity index (χ3v) is 4.22. The van der Waals surface area contributed by atoms with Gasteiger partial charge in [0.2, 0.25) is 0 Å². The molecule has 2 aromatic carbocycles. The van der Waals surface area contributed by atoms with Crippen LogP contribution in [0.2, 0.25) is 0 Å². The van der Waals surface area contributed by atoms with Crippen molar-refractivity contribution < 1.29 is 9.50 Å². The average Bonchev–Trinajstić information content (AvgIpc) is 2.82. The molecule has 96 valence electrons. The Morgan fingerprint density at radius 2 is 1.95 bits per heavy atom. The zero-order valence-corrected chi connectivity index (χ0v) is 11.0. The Bertz CT molecular complexity index is 705. The molecule has 1 unspecified atom stereocenters. The Balaban J connectivity index is 1.89. The normalized spacial score (nSPS) is 12.7. The smallest absolute Gasteiger partial charge is 0.123 e. The molecule has 0 spiro atoms. The lowest BCUT2D eigenvalue weighted by atomic mass is 10.0. The Labute approximate surface area is 115 Å². The predicted octanol–water partition coefficient (Wildman–Crippen LogP) is 4.32. The second-order valence-electron chi connectivity index (χ2n) is 4.53. The van der Waals surface area contributed by atoms with E-state index in [4.69, 9.17) is 0 Å². The van der Waals surface area contributed by atoms with Gasteiger partial charge in [0.15, 0.2) is 0 Å². The third kappa shape index (κ3) is 2.53. The number of halogens is 1. The van der Waals surface area contributed by atoms with Crippen molar-refractivity contribution in [3.05, 3.63) is 70.9 Å². The van der Waals surface area contributed by atoms with Crippen LogP contribution in [0.5, 0.6) is 0 Å². The van der Waals surface area contributed by atoms with Crippen LogP contribution >= 0.6 is 11.3 Å². The molecule has 1 atom stereocenters. The Morgan fingerprint density at radius 3 is 2.79 bits per heavy atom. The predicted molar refractivity (Wildman–Crippen MR) is 76.9 cm³/mol. The van der Waals surface area contributed by atoms with Crippen LogP contribution < -0.4 is 0 Å². The van der Waals surface area contributed by atoms with Crippen molar-refractivity contribution in [2.45, 2.75) is 12.5 Å². The van der Waals surface area contributed by atoms with E-state index in [0.717, 1.165) is 5.56 Å². The molecule has 3 rings (SSSR count). The van der Waals surface area contributed by atoms with Gasteiger partial charge in [0, 0.05) is 11.1 Å². The quantitative estimate of drug-likeness (QED) is 0.753. The minimum absolute atomic E-state index is 0.313. The number of thiophene rings is 1. The van der Waals surface area contributed by atoms with Gasteiger partial charge in [0.05, 0.1) is 6.10 Å². The molecule has 0 aliphatic heterocycles. The highest BCUT2D eigenvalue weighted by atomic mass is 32.1. The van der Waals surface area contributed by atoms with Crippen LogP contribution in [-0.2, 0) is 6.42 Å². The van der Waals surface area contributed by atoms with Crippen molar-refractivity contribution in [3.63, 3.8) is 0 Å². The van der Waals surface area contributed by atoms with Gasteiger partial charge in [-0.25, -0.2) is 4.39 Å². The molecule has 0 bridgehead atoms. The van der Waals surface area contributed by atoms with Crippen molar-refractivity contribution in [2.24, 2.45) is 0 Å². The largest absolute Gasteiger partial charge is 0.388 e. The van der Waals surface area contributed by atoms with E-state index < -0.39 is 6.10 Å².